The highest BCUT2D eigenvalue weighted by Gasteiger charge is 2.34. The van der Waals surface area contributed by atoms with Gasteiger partial charge in [0.1, 0.15) is 5.75 Å². The van der Waals surface area contributed by atoms with Crippen LogP contribution < -0.4 is 15.8 Å². The minimum atomic E-state index is 0.371. The Labute approximate surface area is 236 Å². The van der Waals surface area contributed by atoms with Gasteiger partial charge in [0.2, 0.25) is 0 Å². The predicted octanol–water partition coefficient (Wildman–Crippen LogP) is 7.45. The molecule has 6 nitrogen and oxygen atoms in total. The lowest BCUT2D eigenvalue weighted by Crippen LogP contribution is -2.24. The molecular weight excluding hydrogens is 482 g/mol. The summed E-state index contributed by atoms with van der Waals surface area (Å²) in [5.41, 5.74) is 16.2. The van der Waals surface area contributed by atoms with Crippen LogP contribution in [0.1, 0.15) is 113 Å². The van der Waals surface area contributed by atoms with Crippen LogP contribution in [0.3, 0.4) is 0 Å². The summed E-state index contributed by atoms with van der Waals surface area (Å²) in [7, 11) is 1.67. The topological polar surface area (TPSA) is 84.9 Å². The molecule has 1 saturated carbocycles. The fourth-order valence-electron chi connectivity index (χ4n) is 5.16. The second kappa shape index (κ2) is 14.4. The standard InChI is InChI=1S/C33H49N5O/c1-9-14-35-19-27-15-25(16-31(39-8)32(27)34)18-36-20-29(26-12-13-26)30-17-28(21(4)10-2)23(6)33(38-30)22(5)24(7)37-11-3/h11,15-17,19,21,26,29,36H,9-10,12-14,18,20,34H2,1-8H3/b24-22+,35-19?,37-11?. The summed E-state index contributed by atoms with van der Waals surface area (Å²) in [5, 5.41) is 3.74. The number of nitrogens with two attached hydrogens (primary N) is 1. The molecule has 1 aromatic heterocycles. The summed E-state index contributed by atoms with van der Waals surface area (Å²) < 4.78 is 5.57. The molecule has 0 spiro atoms. The number of aliphatic imine (C=N–C) groups is 2. The van der Waals surface area contributed by atoms with Crippen molar-refractivity contribution in [3.05, 3.63) is 57.5 Å². The van der Waals surface area contributed by atoms with Gasteiger partial charge in [0.05, 0.1) is 18.5 Å². The molecular formula is C33H49N5O. The number of benzene rings is 1. The van der Waals surface area contributed by atoms with Gasteiger partial charge in [-0.2, -0.15) is 0 Å². The molecule has 0 bridgehead atoms. The van der Waals surface area contributed by atoms with Crippen LogP contribution >= 0.6 is 0 Å². The summed E-state index contributed by atoms with van der Waals surface area (Å²) in [6.07, 6.45) is 8.36. The van der Waals surface area contributed by atoms with Crippen molar-refractivity contribution in [3.63, 3.8) is 0 Å². The fraction of sp³-hybridized carbons (Fsp3) is 0.545. The summed E-state index contributed by atoms with van der Waals surface area (Å²) >= 11 is 0. The molecule has 3 rings (SSSR count). The van der Waals surface area contributed by atoms with Gasteiger partial charge in [-0.3, -0.25) is 15.0 Å². The molecule has 0 saturated heterocycles. The number of hydrogen-bond donors (Lipinski definition) is 2. The fourth-order valence-corrected chi connectivity index (χ4v) is 5.16. The molecule has 39 heavy (non-hydrogen) atoms. The van der Waals surface area contributed by atoms with Crippen molar-refractivity contribution in [2.45, 2.75) is 92.5 Å². The number of nitrogen functional groups attached to an aromatic ring is 1. The van der Waals surface area contributed by atoms with Gasteiger partial charge in [-0.25, -0.2) is 0 Å². The molecule has 1 aliphatic carbocycles. The maximum Gasteiger partial charge on any atom is 0.142 e. The third-order valence-electron chi connectivity index (χ3n) is 8.00. The molecule has 2 atom stereocenters. The molecule has 2 unspecified atom stereocenters. The Kier molecular flexibility index (Phi) is 11.3. The molecule has 6 heteroatoms. The quantitative estimate of drug-likeness (QED) is 0.196. The number of pyridine rings is 1. The highest BCUT2D eigenvalue weighted by Crippen LogP contribution is 2.43. The zero-order valence-electron chi connectivity index (χ0n) is 25.4. The molecule has 3 N–H and O–H groups in total. The Morgan fingerprint density at radius 3 is 2.59 bits per heavy atom. The molecule has 2 aromatic rings. The number of methoxy groups -OCH3 is 1. The van der Waals surface area contributed by atoms with Gasteiger partial charge < -0.3 is 15.8 Å². The van der Waals surface area contributed by atoms with Gasteiger partial charge in [0.15, 0.2) is 0 Å². The van der Waals surface area contributed by atoms with Crippen LogP contribution in [0.2, 0.25) is 0 Å². The third-order valence-corrected chi connectivity index (χ3v) is 8.00. The largest absolute Gasteiger partial charge is 0.495 e. The first-order valence-electron chi connectivity index (χ1n) is 14.6. The van der Waals surface area contributed by atoms with E-state index in [1.54, 1.807) is 7.11 Å². The van der Waals surface area contributed by atoms with Crippen molar-refractivity contribution >= 4 is 23.7 Å². The van der Waals surface area contributed by atoms with E-state index in [0.717, 1.165) is 60.6 Å². The molecule has 212 valence electrons. The van der Waals surface area contributed by atoms with Gasteiger partial charge in [0.25, 0.3) is 0 Å². The maximum absolute atomic E-state index is 6.33. The number of nitrogens with zero attached hydrogens (tertiary/aromatic N) is 3. The average Bonchev–Trinajstić information content (AvgIpc) is 3.77. The monoisotopic (exact) mass is 531 g/mol. The van der Waals surface area contributed by atoms with Crippen LogP contribution in [0.4, 0.5) is 5.69 Å². The smallest absolute Gasteiger partial charge is 0.142 e. The number of nitrogens with one attached hydrogen (secondary N) is 1. The number of allylic oxidation sites excluding steroid dienone is 2. The van der Waals surface area contributed by atoms with Crippen molar-refractivity contribution < 1.29 is 4.74 Å². The van der Waals surface area contributed by atoms with E-state index in [1.807, 2.05) is 25.4 Å². The minimum Gasteiger partial charge on any atom is -0.495 e. The van der Waals surface area contributed by atoms with E-state index in [4.69, 9.17) is 15.5 Å². The van der Waals surface area contributed by atoms with E-state index in [-0.39, 0.29) is 0 Å². The van der Waals surface area contributed by atoms with E-state index in [1.165, 1.54) is 29.7 Å². The highest BCUT2D eigenvalue weighted by molar-refractivity contribution is 5.89. The molecule has 0 aliphatic heterocycles. The van der Waals surface area contributed by atoms with Crippen LogP contribution in [0.25, 0.3) is 5.57 Å². The zero-order valence-corrected chi connectivity index (χ0v) is 25.4. The SMILES string of the molecule is CC=N/C(C)=C(\C)c1nc(C(CNCc2cc(C=NCCC)c(N)c(OC)c2)C2CC2)cc(C(C)CC)c1C. The number of ether oxygens (including phenoxy) is 1. The van der Waals surface area contributed by atoms with Crippen molar-refractivity contribution in [1.82, 2.24) is 10.3 Å². The molecule has 1 heterocycles. The van der Waals surface area contributed by atoms with Crippen LogP contribution in [0, 0.1) is 12.8 Å². The average molecular weight is 532 g/mol. The first kappa shape index (κ1) is 30.6. The van der Waals surface area contributed by atoms with E-state index < -0.39 is 0 Å². The van der Waals surface area contributed by atoms with Crippen molar-refractivity contribution in [1.29, 1.82) is 0 Å². The Hall–Kier alpha value is -2.99. The van der Waals surface area contributed by atoms with Crippen molar-refractivity contribution in [2.75, 3.05) is 25.9 Å². The van der Waals surface area contributed by atoms with Crippen LogP contribution in [-0.2, 0) is 6.54 Å². The van der Waals surface area contributed by atoms with Crippen molar-refractivity contribution in [2.24, 2.45) is 15.9 Å². The van der Waals surface area contributed by atoms with Crippen molar-refractivity contribution in [3.8, 4) is 5.75 Å². The number of rotatable bonds is 14. The van der Waals surface area contributed by atoms with Crippen LogP contribution in [0.5, 0.6) is 5.75 Å². The second-order valence-electron chi connectivity index (χ2n) is 10.9. The first-order valence-corrected chi connectivity index (χ1v) is 14.6. The Morgan fingerprint density at radius 2 is 1.97 bits per heavy atom. The van der Waals surface area contributed by atoms with Gasteiger partial charge in [-0.05, 0) is 106 Å². The van der Waals surface area contributed by atoms with Gasteiger partial charge in [-0.15, -0.1) is 0 Å². The summed E-state index contributed by atoms with van der Waals surface area (Å²) in [5.74, 6) is 2.22. The lowest BCUT2D eigenvalue weighted by atomic mass is 9.88. The number of hydrogen-bond acceptors (Lipinski definition) is 6. The Bertz CT molecular complexity index is 1210. The minimum absolute atomic E-state index is 0.371. The van der Waals surface area contributed by atoms with Gasteiger partial charge in [0, 0.05) is 54.9 Å². The highest BCUT2D eigenvalue weighted by atomic mass is 16.5. The molecule has 1 fully saturated rings. The summed E-state index contributed by atoms with van der Waals surface area (Å²) in [6, 6.07) is 6.53. The lowest BCUT2D eigenvalue weighted by molar-refractivity contribution is 0.416. The lowest BCUT2D eigenvalue weighted by Gasteiger charge is -2.23. The molecule has 1 aromatic carbocycles. The van der Waals surface area contributed by atoms with Gasteiger partial charge >= 0.3 is 0 Å². The molecule has 0 radical (unpaired) electrons. The maximum atomic E-state index is 6.33. The van der Waals surface area contributed by atoms with Gasteiger partial charge in [-0.1, -0.05) is 20.8 Å². The van der Waals surface area contributed by atoms with E-state index in [2.05, 4.69) is 69.0 Å². The normalized spacial score (nSPS) is 16.1. The molecule has 1 aliphatic rings. The summed E-state index contributed by atoms with van der Waals surface area (Å²) in [4.78, 5) is 14.4. The van der Waals surface area contributed by atoms with Crippen LogP contribution in [0.15, 0.2) is 33.9 Å². The third kappa shape index (κ3) is 7.78. The molecule has 0 amide bonds. The second-order valence-corrected chi connectivity index (χ2v) is 10.9. The zero-order chi connectivity index (χ0) is 28.5. The van der Waals surface area contributed by atoms with E-state index in [9.17, 15) is 0 Å². The summed E-state index contributed by atoms with van der Waals surface area (Å²) in [6.45, 7) is 17.5. The number of anilines is 1. The Morgan fingerprint density at radius 1 is 1.23 bits per heavy atom. The number of aromatic nitrogens is 1. The van der Waals surface area contributed by atoms with E-state index >= 15 is 0 Å². The first-order chi connectivity index (χ1) is 18.7. The van der Waals surface area contributed by atoms with E-state index in [0.29, 0.717) is 29.2 Å². The van der Waals surface area contributed by atoms with Crippen LogP contribution in [-0.4, -0.2) is 37.6 Å². The Balaban J connectivity index is 1.90. The predicted molar refractivity (Wildman–Crippen MR) is 167 cm³/mol.